The highest BCUT2D eigenvalue weighted by molar-refractivity contribution is 6.31. The van der Waals surface area contributed by atoms with Crippen LogP contribution in [0.5, 0.6) is 0 Å². The molecule has 0 radical (unpaired) electrons. The van der Waals surface area contributed by atoms with Gasteiger partial charge in [0.05, 0.1) is 17.5 Å². The van der Waals surface area contributed by atoms with Gasteiger partial charge in [-0.2, -0.15) is 0 Å². The van der Waals surface area contributed by atoms with Gasteiger partial charge in [-0.3, -0.25) is 9.59 Å². The van der Waals surface area contributed by atoms with Gasteiger partial charge in [-0.05, 0) is 38.5 Å². The quantitative estimate of drug-likeness (QED) is 0.579. The van der Waals surface area contributed by atoms with E-state index < -0.39 is 0 Å². The summed E-state index contributed by atoms with van der Waals surface area (Å²) in [5.74, 6) is -0.504. The van der Waals surface area contributed by atoms with Crippen LogP contribution in [0.2, 0.25) is 5.02 Å². The van der Waals surface area contributed by atoms with Gasteiger partial charge in [0.25, 0.3) is 0 Å². The summed E-state index contributed by atoms with van der Waals surface area (Å²) in [6.07, 6.45) is 4.21. The molecule has 2 bridgehead atoms. The van der Waals surface area contributed by atoms with Crippen LogP contribution < -0.4 is 4.90 Å². The molecule has 1 heterocycles. The zero-order chi connectivity index (χ0) is 16.5. The topological polar surface area (TPSA) is 37.4 Å². The van der Waals surface area contributed by atoms with Crippen LogP contribution in [0.25, 0.3) is 0 Å². The Bertz CT molecular complexity index is 770. The highest BCUT2D eigenvalue weighted by Gasteiger charge is 2.62. The van der Waals surface area contributed by atoms with Crippen molar-refractivity contribution in [2.45, 2.75) is 20.8 Å². The summed E-state index contributed by atoms with van der Waals surface area (Å²) < 4.78 is 0. The number of amides is 2. The van der Waals surface area contributed by atoms with Crippen LogP contribution in [0.1, 0.15) is 19.4 Å². The van der Waals surface area contributed by atoms with Crippen LogP contribution in [0.15, 0.2) is 41.5 Å². The van der Waals surface area contributed by atoms with Crippen LogP contribution in [-0.4, -0.2) is 11.8 Å². The zero-order valence-corrected chi connectivity index (χ0v) is 14.1. The predicted octanol–water partition coefficient (Wildman–Crippen LogP) is 3.91. The van der Waals surface area contributed by atoms with E-state index in [-0.39, 0.29) is 35.5 Å². The molecular weight excluding hydrogens is 310 g/mol. The number of hydrogen-bond acceptors (Lipinski definition) is 2. The summed E-state index contributed by atoms with van der Waals surface area (Å²) in [5, 5.41) is 0.536. The zero-order valence-electron chi connectivity index (χ0n) is 13.3. The number of imide groups is 1. The standard InChI is InChI=1S/C19H18ClNO2/c1-9(2)15-12-6-7-13(15)17-16(12)18(22)21(19(17)23)14-8-11(20)5-4-10(14)3/h4-8,12-13,16-17H,1-3H3. The summed E-state index contributed by atoms with van der Waals surface area (Å²) in [7, 11) is 0. The van der Waals surface area contributed by atoms with Gasteiger partial charge in [0.1, 0.15) is 0 Å². The molecule has 0 N–H and O–H groups in total. The van der Waals surface area contributed by atoms with E-state index in [2.05, 4.69) is 26.0 Å². The summed E-state index contributed by atoms with van der Waals surface area (Å²) in [5.41, 5.74) is 4.01. The van der Waals surface area contributed by atoms with Crippen LogP contribution in [0, 0.1) is 30.6 Å². The minimum atomic E-state index is -0.249. The van der Waals surface area contributed by atoms with E-state index in [1.807, 2.05) is 13.0 Å². The SMILES string of the molecule is CC(C)=C1C2C=CC1C1C(=O)N(c3cc(Cl)ccc3C)C(=O)C21. The molecule has 2 amide bonds. The van der Waals surface area contributed by atoms with Crippen molar-refractivity contribution in [3.05, 3.63) is 52.1 Å². The largest absolute Gasteiger partial charge is 0.274 e. The smallest absolute Gasteiger partial charge is 0.238 e. The van der Waals surface area contributed by atoms with Crippen molar-refractivity contribution in [2.75, 3.05) is 4.90 Å². The third-order valence-corrected chi connectivity index (χ3v) is 5.64. The Morgan fingerprint density at radius 1 is 1.04 bits per heavy atom. The molecule has 4 atom stereocenters. The van der Waals surface area contributed by atoms with E-state index in [0.717, 1.165) is 5.56 Å². The monoisotopic (exact) mass is 327 g/mol. The summed E-state index contributed by atoms with van der Waals surface area (Å²) in [6.45, 7) is 6.03. The molecule has 1 saturated heterocycles. The van der Waals surface area contributed by atoms with Crippen molar-refractivity contribution >= 4 is 29.1 Å². The number of halogens is 1. The molecule has 4 rings (SSSR count). The maximum Gasteiger partial charge on any atom is 0.238 e. The van der Waals surface area contributed by atoms with Crippen LogP contribution in [0.3, 0.4) is 0 Å². The van der Waals surface area contributed by atoms with Gasteiger partial charge in [-0.15, -0.1) is 0 Å². The van der Waals surface area contributed by atoms with Gasteiger partial charge in [0, 0.05) is 16.9 Å². The number of allylic oxidation sites excluding steroid dienone is 4. The number of hydrogen-bond donors (Lipinski definition) is 0. The average Bonchev–Trinajstić information content (AvgIpc) is 3.13. The Labute approximate surface area is 140 Å². The minimum Gasteiger partial charge on any atom is -0.274 e. The van der Waals surface area contributed by atoms with Crippen molar-refractivity contribution in [1.29, 1.82) is 0 Å². The van der Waals surface area contributed by atoms with Gasteiger partial charge in [0.15, 0.2) is 0 Å². The third kappa shape index (κ3) is 1.83. The van der Waals surface area contributed by atoms with E-state index in [1.54, 1.807) is 12.1 Å². The lowest BCUT2D eigenvalue weighted by molar-refractivity contribution is -0.122. The Kier molecular flexibility index (Phi) is 3.08. The van der Waals surface area contributed by atoms with Crippen molar-refractivity contribution in [2.24, 2.45) is 23.7 Å². The fraction of sp³-hybridized carbons (Fsp3) is 0.368. The first kappa shape index (κ1) is 14.7. The summed E-state index contributed by atoms with van der Waals surface area (Å²) in [6, 6.07) is 5.34. The molecule has 4 unspecified atom stereocenters. The maximum atomic E-state index is 13.0. The molecular formula is C19H18ClNO2. The molecule has 3 aliphatic rings. The number of rotatable bonds is 1. The van der Waals surface area contributed by atoms with Crippen molar-refractivity contribution in [3.63, 3.8) is 0 Å². The second-order valence-corrected chi connectivity index (χ2v) is 7.32. The van der Waals surface area contributed by atoms with Gasteiger partial charge in [0.2, 0.25) is 11.8 Å². The Balaban J connectivity index is 1.80. The lowest BCUT2D eigenvalue weighted by atomic mass is 9.85. The molecule has 1 aliphatic heterocycles. The lowest BCUT2D eigenvalue weighted by Crippen LogP contribution is -2.33. The van der Waals surface area contributed by atoms with Crippen LogP contribution in [-0.2, 0) is 9.59 Å². The first-order valence-corrected chi connectivity index (χ1v) is 8.29. The first-order chi connectivity index (χ1) is 10.9. The van der Waals surface area contributed by atoms with E-state index in [4.69, 9.17) is 11.6 Å². The molecule has 23 heavy (non-hydrogen) atoms. The highest BCUT2D eigenvalue weighted by Crippen LogP contribution is 2.57. The number of fused-ring (bicyclic) bond motifs is 5. The van der Waals surface area contributed by atoms with Crippen LogP contribution in [0.4, 0.5) is 5.69 Å². The van der Waals surface area contributed by atoms with E-state index in [1.165, 1.54) is 16.0 Å². The van der Waals surface area contributed by atoms with Crippen LogP contribution >= 0.6 is 11.6 Å². The Morgan fingerprint density at radius 3 is 2.13 bits per heavy atom. The second kappa shape index (κ2) is 4.81. The minimum absolute atomic E-state index is 0.0796. The first-order valence-electron chi connectivity index (χ1n) is 7.91. The van der Waals surface area contributed by atoms with Crippen molar-refractivity contribution in [3.8, 4) is 0 Å². The third-order valence-electron chi connectivity index (χ3n) is 5.41. The van der Waals surface area contributed by atoms with Crippen molar-refractivity contribution < 1.29 is 9.59 Å². The maximum absolute atomic E-state index is 13.0. The molecule has 2 aliphatic carbocycles. The highest BCUT2D eigenvalue weighted by atomic mass is 35.5. The van der Waals surface area contributed by atoms with E-state index >= 15 is 0 Å². The van der Waals surface area contributed by atoms with Gasteiger partial charge in [-0.25, -0.2) is 4.90 Å². The molecule has 1 aromatic rings. The fourth-order valence-corrected chi connectivity index (χ4v) is 4.66. The number of nitrogens with zero attached hydrogens (tertiary/aromatic N) is 1. The molecule has 118 valence electrons. The van der Waals surface area contributed by atoms with Gasteiger partial charge >= 0.3 is 0 Å². The molecule has 0 spiro atoms. The number of aryl methyl sites for hydroxylation is 1. The lowest BCUT2D eigenvalue weighted by Gasteiger charge is -2.21. The normalized spacial score (nSPS) is 31.3. The molecule has 1 aromatic carbocycles. The number of carbonyl (C=O) groups is 2. The Hall–Kier alpha value is -1.87. The number of carbonyl (C=O) groups excluding carboxylic acids is 2. The fourth-order valence-electron chi connectivity index (χ4n) is 4.49. The molecule has 3 nitrogen and oxygen atoms in total. The number of anilines is 1. The summed E-state index contributed by atoms with van der Waals surface area (Å²) >= 11 is 6.08. The van der Waals surface area contributed by atoms with Gasteiger partial charge in [-0.1, -0.05) is 41.0 Å². The molecule has 4 heteroatoms. The molecule has 1 saturated carbocycles. The van der Waals surface area contributed by atoms with Crippen molar-refractivity contribution in [1.82, 2.24) is 0 Å². The average molecular weight is 328 g/mol. The van der Waals surface area contributed by atoms with E-state index in [0.29, 0.717) is 10.7 Å². The predicted molar refractivity (Wildman–Crippen MR) is 90.2 cm³/mol. The second-order valence-electron chi connectivity index (χ2n) is 6.89. The number of benzene rings is 1. The van der Waals surface area contributed by atoms with E-state index in [9.17, 15) is 9.59 Å². The Morgan fingerprint density at radius 2 is 1.61 bits per heavy atom. The molecule has 0 aromatic heterocycles. The van der Waals surface area contributed by atoms with Gasteiger partial charge < -0.3 is 0 Å². The molecule has 2 fully saturated rings. The summed E-state index contributed by atoms with van der Waals surface area (Å²) in [4.78, 5) is 27.4.